The average molecular weight is 593 g/mol. The quantitative estimate of drug-likeness (QED) is 0.186. The first kappa shape index (κ1) is 31.7. The van der Waals surface area contributed by atoms with Crippen LogP contribution in [-0.2, 0) is 25.6 Å². The molecule has 0 atom stereocenters. The number of hydrogen-bond acceptors (Lipinski definition) is 5. The molecular weight excluding hydrogens is 573 g/mol. The second kappa shape index (κ2) is 14.6. The molecule has 2 aromatic heterocycles. The molecular formula is C26H20Cl2F6N2O3. The molecule has 0 saturated carbocycles. The van der Waals surface area contributed by atoms with Gasteiger partial charge in [0.2, 0.25) is 0 Å². The molecule has 2 N–H and O–H groups in total. The summed E-state index contributed by atoms with van der Waals surface area (Å²) in [5, 5.41) is 18.0. The first-order valence-electron chi connectivity index (χ1n) is 10.8. The van der Waals surface area contributed by atoms with Crippen LogP contribution in [0.15, 0.2) is 85.2 Å². The summed E-state index contributed by atoms with van der Waals surface area (Å²) in [5.74, 6) is -0.218. The molecule has 2 aromatic carbocycles. The van der Waals surface area contributed by atoms with Gasteiger partial charge in [-0.3, -0.25) is 0 Å². The highest BCUT2D eigenvalue weighted by Crippen LogP contribution is 2.32. The summed E-state index contributed by atoms with van der Waals surface area (Å²) in [6.07, 6.45) is -5.70. The summed E-state index contributed by atoms with van der Waals surface area (Å²) >= 11 is 11.1. The molecule has 4 rings (SSSR count). The van der Waals surface area contributed by atoms with Crippen LogP contribution in [0.4, 0.5) is 26.3 Å². The summed E-state index contributed by atoms with van der Waals surface area (Å²) in [6, 6.07) is 15.3. The Kier molecular flexibility index (Phi) is 11.8. The molecule has 0 amide bonds. The summed E-state index contributed by atoms with van der Waals surface area (Å²) in [7, 11) is 0. The van der Waals surface area contributed by atoms with Crippen LogP contribution < -0.4 is 4.74 Å². The predicted molar refractivity (Wildman–Crippen MR) is 133 cm³/mol. The standard InChI is InChI=1S/C13H9ClF3NO.C7H5F3O.C6H6ClNO/c14-12-5-4-9(7-18-12)8-19-11-3-1-2-10(6-11)13(15,16)17;8-7(9,10)5-2-1-3-6(11)4-5;7-6-2-1-5(4-9)3-8-6/h1-7H,8H2;1-4,11H;1-3,9H,4H2. The van der Waals surface area contributed by atoms with Crippen LogP contribution in [0.1, 0.15) is 22.3 Å². The number of aromatic nitrogens is 2. The highest BCUT2D eigenvalue weighted by molar-refractivity contribution is 6.29. The summed E-state index contributed by atoms with van der Waals surface area (Å²) < 4.78 is 78.3. The smallest absolute Gasteiger partial charge is 0.416 e. The van der Waals surface area contributed by atoms with Gasteiger partial charge in [-0.15, -0.1) is 0 Å². The minimum Gasteiger partial charge on any atom is -0.508 e. The van der Waals surface area contributed by atoms with E-state index in [0.717, 1.165) is 35.4 Å². The van der Waals surface area contributed by atoms with Crippen LogP contribution >= 0.6 is 23.2 Å². The van der Waals surface area contributed by atoms with Crippen molar-refractivity contribution < 1.29 is 41.3 Å². The molecule has 0 unspecified atom stereocenters. The van der Waals surface area contributed by atoms with Crippen LogP contribution in [0.3, 0.4) is 0 Å². The molecule has 0 aliphatic carbocycles. The maximum Gasteiger partial charge on any atom is 0.416 e. The van der Waals surface area contributed by atoms with Crippen LogP contribution in [-0.4, -0.2) is 20.2 Å². The minimum absolute atomic E-state index is 0.0180. The number of aliphatic hydroxyl groups is 1. The van der Waals surface area contributed by atoms with Crippen LogP contribution in [0, 0.1) is 0 Å². The highest BCUT2D eigenvalue weighted by Gasteiger charge is 2.31. The van der Waals surface area contributed by atoms with Crippen molar-refractivity contribution in [3.05, 3.63) is 118 Å². The zero-order chi connectivity index (χ0) is 29.1. The van der Waals surface area contributed by atoms with Crippen LogP contribution in [0.5, 0.6) is 11.5 Å². The molecule has 0 aliphatic rings. The van der Waals surface area contributed by atoms with Crippen molar-refractivity contribution in [1.82, 2.24) is 9.97 Å². The van der Waals surface area contributed by atoms with Crippen molar-refractivity contribution in [3.63, 3.8) is 0 Å². The van der Waals surface area contributed by atoms with E-state index in [1.54, 1.807) is 30.5 Å². The zero-order valence-electron chi connectivity index (χ0n) is 19.7. The number of aliphatic hydroxyl groups excluding tert-OH is 1. The Balaban J connectivity index is 0.000000226. The number of halogens is 8. The molecule has 0 fully saturated rings. The number of aromatic hydroxyl groups is 1. The van der Waals surface area contributed by atoms with Gasteiger partial charge in [0.05, 0.1) is 17.7 Å². The minimum atomic E-state index is -4.38. The predicted octanol–water partition coefficient (Wildman–Crippen LogP) is 7.97. The lowest BCUT2D eigenvalue weighted by Gasteiger charge is -2.10. The number of hydrogen-bond donors (Lipinski definition) is 2. The lowest BCUT2D eigenvalue weighted by Crippen LogP contribution is -2.05. The normalized spacial score (nSPS) is 11.0. The number of phenols is 1. The Morgan fingerprint density at radius 3 is 1.64 bits per heavy atom. The van der Waals surface area contributed by atoms with Gasteiger partial charge in [-0.05, 0) is 54.1 Å². The number of benzene rings is 2. The van der Waals surface area contributed by atoms with Crippen LogP contribution in [0.25, 0.3) is 0 Å². The van der Waals surface area contributed by atoms with Crippen molar-refractivity contribution in [3.8, 4) is 11.5 Å². The van der Waals surface area contributed by atoms with Gasteiger partial charge in [0.15, 0.2) is 0 Å². The third-order valence-electron chi connectivity index (χ3n) is 4.50. The zero-order valence-corrected chi connectivity index (χ0v) is 21.2. The molecule has 0 spiro atoms. The second-order valence-corrected chi connectivity index (χ2v) is 8.27. The van der Waals surface area contributed by atoms with Gasteiger partial charge in [0.1, 0.15) is 28.4 Å². The lowest BCUT2D eigenvalue weighted by atomic mass is 10.2. The molecule has 0 radical (unpaired) electrons. The lowest BCUT2D eigenvalue weighted by molar-refractivity contribution is -0.138. The SMILES string of the molecule is FC(F)(F)c1cccc(OCc2ccc(Cl)nc2)c1.OCc1ccc(Cl)nc1.Oc1cccc(C(F)(F)F)c1. The summed E-state index contributed by atoms with van der Waals surface area (Å²) in [4.78, 5) is 7.61. The van der Waals surface area contributed by atoms with Crippen molar-refractivity contribution >= 4 is 23.2 Å². The average Bonchev–Trinajstić information content (AvgIpc) is 2.89. The van der Waals surface area contributed by atoms with Crippen molar-refractivity contribution in [1.29, 1.82) is 0 Å². The van der Waals surface area contributed by atoms with E-state index in [1.165, 1.54) is 24.4 Å². The summed E-state index contributed by atoms with van der Waals surface area (Å²) in [6.45, 7) is 0.148. The van der Waals surface area contributed by atoms with Gasteiger partial charge in [0.25, 0.3) is 0 Å². The third kappa shape index (κ3) is 11.8. The van der Waals surface area contributed by atoms with E-state index in [9.17, 15) is 26.3 Å². The molecule has 0 saturated heterocycles. The molecule has 2 heterocycles. The molecule has 0 bridgehead atoms. The fourth-order valence-corrected chi connectivity index (χ4v) is 2.83. The van der Waals surface area contributed by atoms with Gasteiger partial charge < -0.3 is 14.9 Å². The number of phenolic OH excluding ortho intramolecular Hbond substituents is 1. The van der Waals surface area contributed by atoms with Gasteiger partial charge in [-0.2, -0.15) is 26.3 Å². The maximum atomic E-state index is 12.5. The Hall–Kier alpha value is -3.54. The molecule has 0 aliphatic heterocycles. The second-order valence-electron chi connectivity index (χ2n) is 7.50. The van der Waals surface area contributed by atoms with Gasteiger partial charge in [-0.25, -0.2) is 9.97 Å². The highest BCUT2D eigenvalue weighted by atomic mass is 35.5. The third-order valence-corrected chi connectivity index (χ3v) is 4.95. The monoisotopic (exact) mass is 592 g/mol. The fraction of sp³-hybridized carbons (Fsp3) is 0.154. The topological polar surface area (TPSA) is 75.5 Å². The van der Waals surface area contributed by atoms with Crippen molar-refractivity contribution in [2.45, 2.75) is 25.6 Å². The summed E-state index contributed by atoms with van der Waals surface area (Å²) in [5.41, 5.74) is -0.0713. The fourth-order valence-electron chi connectivity index (χ4n) is 2.60. The van der Waals surface area contributed by atoms with E-state index in [4.69, 9.17) is 38.2 Å². The van der Waals surface area contributed by atoms with E-state index in [1.807, 2.05) is 0 Å². The maximum absolute atomic E-state index is 12.5. The van der Waals surface area contributed by atoms with E-state index >= 15 is 0 Å². The van der Waals surface area contributed by atoms with Crippen molar-refractivity contribution in [2.75, 3.05) is 0 Å². The number of rotatable bonds is 4. The first-order chi connectivity index (χ1) is 18.3. The Morgan fingerprint density at radius 2 is 1.21 bits per heavy atom. The van der Waals surface area contributed by atoms with E-state index < -0.39 is 23.5 Å². The molecule has 13 heteroatoms. The van der Waals surface area contributed by atoms with Crippen molar-refractivity contribution in [2.24, 2.45) is 0 Å². The molecule has 4 aromatic rings. The van der Waals surface area contributed by atoms with E-state index in [-0.39, 0.29) is 24.7 Å². The molecule has 5 nitrogen and oxygen atoms in total. The molecule has 39 heavy (non-hydrogen) atoms. The number of alkyl halides is 6. The van der Waals surface area contributed by atoms with E-state index in [2.05, 4.69) is 9.97 Å². The number of pyridine rings is 2. The van der Waals surface area contributed by atoms with Crippen LogP contribution in [0.2, 0.25) is 10.3 Å². The number of nitrogens with zero attached hydrogens (tertiary/aromatic N) is 2. The Morgan fingerprint density at radius 1 is 0.692 bits per heavy atom. The van der Waals surface area contributed by atoms with E-state index in [0.29, 0.717) is 16.4 Å². The molecule has 208 valence electrons. The number of ether oxygens (including phenoxy) is 1. The van der Waals surface area contributed by atoms with Gasteiger partial charge in [-0.1, -0.05) is 47.5 Å². The Labute approximate surface area is 229 Å². The van der Waals surface area contributed by atoms with Gasteiger partial charge in [0, 0.05) is 18.0 Å². The Bertz CT molecular complexity index is 1300. The first-order valence-corrected chi connectivity index (χ1v) is 11.5. The largest absolute Gasteiger partial charge is 0.508 e. The van der Waals surface area contributed by atoms with Gasteiger partial charge >= 0.3 is 12.4 Å².